The van der Waals surface area contributed by atoms with Gasteiger partial charge in [0.05, 0.1) is 0 Å². The summed E-state index contributed by atoms with van der Waals surface area (Å²) in [5, 5.41) is 2.85. The number of hydrogen-bond acceptors (Lipinski definition) is 5. The van der Waals surface area contributed by atoms with Gasteiger partial charge in [0.2, 0.25) is 0 Å². The zero-order valence-corrected chi connectivity index (χ0v) is 15.2. The number of rotatable bonds is 4. The van der Waals surface area contributed by atoms with Crippen LogP contribution in [0.5, 0.6) is 0 Å². The van der Waals surface area contributed by atoms with Crippen LogP contribution in [0.1, 0.15) is 17.4 Å². The Labute approximate surface area is 150 Å². The molecule has 1 N–H and O–H groups in total. The summed E-state index contributed by atoms with van der Waals surface area (Å²) in [6.07, 6.45) is 1.46. The van der Waals surface area contributed by atoms with Gasteiger partial charge >= 0.3 is 0 Å². The third kappa shape index (κ3) is 4.10. The van der Waals surface area contributed by atoms with Crippen LogP contribution in [0, 0.1) is 0 Å². The number of benzene rings is 1. The highest BCUT2D eigenvalue weighted by Crippen LogP contribution is 2.17. The van der Waals surface area contributed by atoms with Crippen LogP contribution < -0.4 is 10.2 Å². The van der Waals surface area contributed by atoms with Crippen LogP contribution in [-0.2, 0) is 0 Å². The third-order valence-electron chi connectivity index (χ3n) is 4.13. The zero-order valence-electron chi connectivity index (χ0n) is 13.6. The molecule has 0 unspecified atom stereocenters. The molecule has 1 amide bonds. The summed E-state index contributed by atoms with van der Waals surface area (Å²) in [5.41, 5.74) is 1.11. The average Bonchev–Trinajstić information content (AvgIpc) is 2.64. The molecule has 0 bridgehead atoms. The van der Waals surface area contributed by atoms with Crippen molar-refractivity contribution in [1.29, 1.82) is 0 Å². The monoisotopic (exact) mass is 389 g/mol. The molecule has 24 heavy (non-hydrogen) atoms. The highest BCUT2D eigenvalue weighted by Gasteiger charge is 2.18. The summed E-state index contributed by atoms with van der Waals surface area (Å²) in [6.45, 7) is 7.10. The third-order valence-corrected chi connectivity index (χ3v) is 4.66. The Hall–Kier alpha value is -1.99. The number of hydrogen-bond donors (Lipinski definition) is 1. The first-order valence-corrected chi connectivity index (χ1v) is 8.81. The van der Waals surface area contributed by atoms with Gasteiger partial charge in [0.1, 0.15) is 17.8 Å². The quantitative estimate of drug-likeness (QED) is 0.870. The van der Waals surface area contributed by atoms with Gasteiger partial charge in [-0.3, -0.25) is 4.79 Å². The number of halogens is 1. The van der Waals surface area contributed by atoms with Crippen molar-refractivity contribution in [2.75, 3.05) is 42.9 Å². The largest absolute Gasteiger partial charge is 0.354 e. The molecule has 7 heteroatoms. The van der Waals surface area contributed by atoms with E-state index in [2.05, 4.69) is 47.9 Å². The minimum Gasteiger partial charge on any atom is -0.354 e. The van der Waals surface area contributed by atoms with E-state index in [9.17, 15) is 4.79 Å². The van der Waals surface area contributed by atoms with Gasteiger partial charge in [0.15, 0.2) is 0 Å². The van der Waals surface area contributed by atoms with E-state index in [0.29, 0.717) is 5.69 Å². The standard InChI is InChI=1S/C17H20BrN5O/c1-2-22-7-9-23(10-8-22)16-11-15(19-12-20-16)17(24)21-14-5-3-13(18)4-6-14/h3-6,11-12H,2,7-10H2,1H3,(H,21,24). The van der Waals surface area contributed by atoms with Crippen LogP contribution in [0.2, 0.25) is 0 Å². The van der Waals surface area contributed by atoms with Crippen molar-refractivity contribution in [2.45, 2.75) is 6.92 Å². The van der Waals surface area contributed by atoms with Gasteiger partial charge in [-0.15, -0.1) is 0 Å². The Balaban J connectivity index is 1.68. The Bertz CT molecular complexity index is 698. The summed E-state index contributed by atoms with van der Waals surface area (Å²) in [5.74, 6) is 0.579. The smallest absolute Gasteiger partial charge is 0.274 e. The zero-order chi connectivity index (χ0) is 16.9. The van der Waals surface area contributed by atoms with E-state index < -0.39 is 0 Å². The summed E-state index contributed by atoms with van der Waals surface area (Å²) < 4.78 is 0.969. The van der Waals surface area contributed by atoms with Gasteiger partial charge in [-0.25, -0.2) is 9.97 Å². The van der Waals surface area contributed by atoms with Gasteiger partial charge in [-0.05, 0) is 30.8 Å². The normalized spacial score (nSPS) is 15.3. The van der Waals surface area contributed by atoms with Gasteiger partial charge in [0, 0.05) is 42.4 Å². The van der Waals surface area contributed by atoms with Crippen LogP contribution in [0.15, 0.2) is 41.1 Å². The molecule has 1 aromatic carbocycles. The fourth-order valence-corrected chi connectivity index (χ4v) is 2.93. The molecule has 1 aliphatic rings. The first kappa shape index (κ1) is 16.9. The lowest BCUT2D eigenvalue weighted by Crippen LogP contribution is -2.46. The van der Waals surface area contributed by atoms with Crippen LogP contribution in [-0.4, -0.2) is 53.5 Å². The predicted molar refractivity (Wildman–Crippen MR) is 98.5 cm³/mol. The molecule has 0 aliphatic carbocycles. The minimum absolute atomic E-state index is 0.229. The van der Waals surface area contributed by atoms with Crippen molar-refractivity contribution >= 4 is 33.3 Å². The van der Waals surface area contributed by atoms with Crippen molar-refractivity contribution in [3.8, 4) is 0 Å². The fraction of sp³-hybridized carbons (Fsp3) is 0.353. The van der Waals surface area contributed by atoms with Gasteiger partial charge in [0.25, 0.3) is 5.91 Å². The van der Waals surface area contributed by atoms with Crippen molar-refractivity contribution in [3.05, 3.63) is 46.8 Å². The maximum absolute atomic E-state index is 12.4. The molecule has 2 aromatic rings. The first-order valence-electron chi connectivity index (χ1n) is 8.02. The molecule has 2 heterocycles. The molecule has 0 atom stereocenters. The molecule has 0 radical (unpaired) electrons. The average molecular weight is 390 g/mol. The first-order chi connectivity index (χ1) is 11.7. The van der Waals surface area contributed by atoms with Crippen molar-refractivity contribution in [1.82, 2.24) is 14.9 Å². The molecule has 6 nitrogen and oxygen atoms in total. The van der Waals surface area contributed by atoms with Crippen LogP contribution in [0.25, 0.3) is 0 Å². The van der Waals surface area contributed by atoms with E-state index >= 15 is 0 Å². The number of aromatic nitrogens is 2. The second-order valence-electron chi connectivity index (χ2n) is 5.64. The molecule has 1 saturated heterocycles. The number of likely N-dealkylation sites (N-methyl/N-ethyl adjacent to an activating group) is 1. The van der Waals surface area contributed by atoms with Gasteiger partial charge in [-0.2, -0.15) is 0 Å². The van der Waals surface area contributed by atoms with Crippen molar-refractivity contribution < 1.29 is 4.79 Å². The van der Waals surface area contributed by atoms with E-state index in [1.807, 2.05) is 24.3 Å². The van der Waals surface area contributed by atoms with Gasteiger partial charge in [-0.1, -0.05) is 22.9 Å². The van der Waals surface area contributed by atoms with E-state index in [1.165, 1.54) is 6.33 Å². The number of carbonyl (C=O) groups excluding carboxylic acids is 1. The summed E-state index contributed by atoms with van der Waals surface area (Å²) in [6, 6.07) is 9.21. The Kier molecular flexibility index (Phi) is 5.42. The lowest BCUT2D eigenvalue weighted by Gasteiger charge is -2.34. The van der Waals surface area contributed by atoms with E-state index in [-0.39, 0.29) is 5.91 Å². The highest BCUT2D eigenvalue weighted by atomic mass is 79.9. The maximum atomic E-state index is 12.4. The summed E-state index contributed by atoms with van der Waals surface area (Å²) in [7, 11) is 0. The maximum Gasteiger partial charge on any atom is 0.274 e. The predicted octanol–water partition coefficient (Wildman–Crippen LogP) is 2.63. The van der Waals surface area contributed by atoms with E-state index in [1.54, 1.807) is 6.07 Å². The van der Waals surface area contributed by atoms with E-state index in [4.69, 9.17) is 0 Å². The summed E-state index contributed by atoms with van der Waals surface area (Å²) >= 11 is 3.38. The number of nitrogens with one attached hydrogen (secondary N) is 1. The molecular weight excluding hydrogens is 370 g/mol. The molecule has 1 aliphatic heterocycles. The molecule has 0 spiro atoms. The number of piperazine rings is 1. The number of amides is 1. The van der Waals surface area contributed by atoms with Crippen molar-refractivity contribution in [2.24, 2.45) is 0 Å². The second kappa shape index (κ2) is 7.72. The lowest BCUT2D eigenvalue weighted by atomic mass is 10.2. The fourth-order valence-electron chi connectivity index (χ4n) is 2.67. The molecule has 1 fully saturated rings. The molecule has 1 aromatic heterocycles. The second-order valence-corrected chi connectivity index (χ2v) is 6.56. The highest BCUT2D eigenvalue weighted by molar-refractivity contribution is 9.10. The van der Waals surface area contributed by atoms with Gasteiger partial charge < -0.3 is 15.1 Å². The number of carbonyl (C=O) groups is 1. The Morgan fingerprint density at radius 3 is 2.54 bits per heavy atom. The van der Waals surface area contributed by atoms with Crippen LogP contribution >= 0.6 is 15.9 Å². The Morgan fingerprint density at radius 1 is 1.17 bits per heavy atom. The SMILES string of the molecule is CCN1CCN(c2cc(C(=O)Nc3ccc(Br)cc3)ncn2)CC1. The van der Waals surface area contributed by atoms with Crippen LogP contribution in [0.3, 0.4) is 0 Å². The minimum atomic E-state index is -0.229. The number of nitrogens with zero attached hydrogens (tertiary/aromatic N) is 4. The molecular formula is C17H20BrN5O. The Morgan fingerprint density at radius 2 is 1.88 bits per heavy atom. The van der Waals surface area contributed by atoms with Crippen molar-refractivity contribution in [3.63, 3.8) is 0 Å². The number of anilines is 2. The molecule has 126 valence electrons. The lowest BCUT2D eigenvalue weighted by molar-refractivity contribution is 0.102. The molecule has 0 saturated carbocycles. The topological polar surface area (TPSA) is 61.4 Å². The van der Waals surface area contributed by atoms with E-state index in [0.717, 1.165) is 48.7 Å². The molecule has 3 rings (SSSR count). The van der Waals surface area contributed by atoms with Crippen LogP contribution in [0.4, 0.5) is 11.5 Å². The summed E-state index contributed by atoms with van der Waals surface area (Å²) in [4.78, 5) is 25.4.